The van der Waals surface area contributed by atoms with Crippen LogP contribution in [0.25, 0.3) is 0 Å². The van der Waals surface area contributed by atoms with Crippen LogP contribution in [-0.2, 0) is 4.79 Å². The van der Waals surface area contributed by atoms with Crippen LogP contribution in [0.2, 0.25) is 5.02 Å². The van der Waals surface area contributed by atoms with Crippen molar-refractivity contribution in [3.63, 3.8) is 0 Å². The van der Waals surface area contributed by atoms with Crippen LogP contribution < -0.4 is 10.6 Å². The summed E-state index contributed by atoms with van der Waals surface area (Å²) in [7, 11) is 0. The first-order valence-corrected chi connectivity index (χ1v) is 9.10. The van der Waals surface area contributed by atoms with E-state index in [9.17, 15) is 9.59 Å². The van der Waals surface area contributed by atoms with Gasteiger partial charge in [0.2, 0.25) is 5.91 Å². The lowest BCUT2D eigenvalue weighted by Gasteiger charge is -2.27. The van der Waals surface area contributed by atoms with E-state index in [2.05, 4.69) is 10.6 Å². The molecule has 0 bridgehead atoms. The van der Waals surface area contributed by atoms with Crippen molar-refractivity contribution in [1.82, 2.24) is 10.2 Å². The highest BCUT2D eigenvalue weighted by Crippen LogP contribution is 2.27. The molecule has 3 rings (SSSR count). The summed E-state index contributed by atoms with van der Waals surface area (Å²) in [6.45, 7) is 2.78. The number of likely N-dealkylation sites (tertiary alicyclic amines) is 1. The third-order valence-electron chi connectivity index (χ3n) is 4.54. The average molecular weight is 350 g/mol. The van der Waals surface area contributed by atoms with Crippen LogP contribution in [0.1, 0.15) is 42.5 Å². The van der Waals surface area contributed by atoms with Crippen molar-refractivity contribution in [2.24, 2.45) is 5.92 Å². The summed E-state index contributed by atoms with van der Waals surface area (Å²) in [6, 6.07) is 5.09. The summed E-state index contributed by atoms with van der Waals surface area (Å²) in [6.07, 6.45) is 5.79. The lowest BCUT2D eigenvalue weighted by Crippen LogP contribution is -2.35. The van der Waals surface area contributed by atoms with Gasteiger partial charge in [0.1, 0.15) is 0 Å². The van der Waals surface area contributed by atoms with E-state index in [-0.39, 0.29) is 11.8 Å². The maximum atomic E-state index is 12.5. The number of hydrogen-bond donors (Lipinski definition) is 2. The predicted molar refractivity (Wildman–Crippen MR) is 95.4 cm³/mol. The number of hydrogen-bond acceptors (Lipinski definition) is 3. The molecule has 2 fully saturated rings. The van der Waals surface area contributed by atoms with Gasteiger partial charge in [-0.3, -0.25) is 9.59 Å². The van der Waals surface area contributed by atoms with Crippen molar-refractivity contribution < 1.29 is 9.59 Å². The Kier molecular flexibility index (Phi) is 5.74. The molecule has 1 saturated carbocycles. The van der Waals surface area contributed by atoms with E-state index >= 15 is 0 Å². The summed E-state index contributed by atoms with van der Waals surface area (Å²) in [4.78, 5) is 26.3. The molecule has 0 spiro atoms. The normalized spacial score (nSPS) is 17.6. The highest BCUT2D eigenvalue weighted by atomic mass is 35.5. The van der Waals surface area contributed by atoms with Crippen molar-refractivity contribution in [3.8, 4) is 0 Å². The second-order valence-corrected chi connectivity index (χ2v) is 7.08. The fourth-order valence-electron chi connectivity index (χ4n) is 2.95. The van der Waals surface area contributed by atoms with E-state index in [0.717, 1.165) is 38.4 Å². The van der Waals surface area contributed by atoms with Crippen LogP contribution >= 0.6 is 11.6 Å². The van der Waals surface area contributed by atoms with Gasteiger partial charge in [0.05, 0.1) is 17.1 Å². The molecular formula is C18H24ClN3O2. The Morgan fingerprint density at radius 2 is 1.92 bits per heavy atom. The molecule has 24 heavy (non-hydrogen) atoms. The maximum Gasteiger partial charge on any atom is 0.255 e. The van der Waals surface area contributed by atoms with E-state index in [1.54, 1.807) is 18.2 Å². The van der Waals surface area contributed by atoms with Gasteiger partial charge in [-0.2, -0.15) is 0 Å². The Hall–Kier alpha value is -1.59. The number of halogens is 1. The minimum atomic E-state index is -0.0955. The zero-order chi connectivity index (χ0) is 16.9. The summed E-state index contributed by atoms with van der Waals surface area (Å²) in [5, 5.41) is 6.34. The van der Waals surface area contributed by atoms with Crippen molar-refractivity contribution in [2.45, 2.75) is 32.1 Å². The first-order valence-electron chi connectivity index (χ1n) is 8.73. The monoisotopic (exact) mass is 349 g/mol. The van der Waals surface area contributed by atoms with Gasteiger partial charge in [0.15, 0.2) is 0 Å². The van der Waals surface area contributed by atoms with Crippen LogP contribution in [0.3, 0.4) is 0 Å². The topological polar surface area (TPSA) is 61.4 Å². The van der Waals surface area contributed by atoms with Crippen LogP contribution in [0.15, 0.2) is 18.2 Å². The van der Waals surface area contributed by atoms with Crippen LogP contribution in [0.4, 0.5) is 5.69 Å². The fraction of sp³-hybridized carbons (Fsp3) is 0.556. The summed E-state index contributed by atoms with van der Waals surface area (Å²) in [5.41, 5.74) is 1.12. The minimum Gasteiger partial charge on any atom is -0.339 e. The number of amides is 2. The van der Waals surface area contributed by atoms with Crippen LogP contribution in [-0.4, -0.2) is 42.9 Å². The van der Waals surface area contributed by atoms with E-state index < -0.39 is 0 Å². The Morgan fingerprint density at radius 1 is 1.17 bits per heavy atom. The molecule has 6 heteroatoms. The second-order valence-electron chi connectivity index (χ2n) is 6.67. The van der Waals surface area contributed by atoms with E-state index in [0.29, 0.717) is 22.8 Å². The second kappa shape index (κ2) is 7.99. The minimum absolute atomic E-state index is 0.0244. The molecular weight excluding hydrogens is 326 g/mol. The van der Waals surface area contributed by atoms with Crippen LogP contribution in [0.5, 0.6) is 0 Å². The number of nitrogens with one attached hydrogen (secondary N) is 2. The first kappa shape index (κ1) is 17.2. The fourth-order valence-corrected chi connectivity index (χ4v) is 3.21. The molecule has 2 N–H and O–H groups in total. The molecule has 0 atom stereocenters. The van der Waals surface area contributed by atoms with Gasteiger partial charge in [0.25, 0.3) is 5.91 Å². The van der Waals surface area contributed by atoms with Gasteiger partial charge in [-0.25, -0.2) is 0 Å². The van der Waals surface area contributed by atoms with E-state index in [4.69, 9.17) is 11.6 Å². The smallest absolute Gasteiger partial charge is 0.255 e. The number of nitrogens with zero attached hydrogens (tertiary/aromatic N) is 1. The maximum absolute atomic E-state index is 12.5. The third kappa shape index (κ3) is 4.71. The molecule has 0 unspecified atom stereocenters. The van der Waals surface area contributed by atoms with Crippen molar-refractivity contribution in [1.29, 1.82) is 0 Å². The molecule has 2 amide bonds. The molecule has 0 radical (unpaired) electrons. The van der Waals surface area contributed by atoms with Gasteiger partial charge in [0, 0.05) is 18.8 Å². The molecule has 1 saturated heterocycles. The summed E-state index contributed by atoms with van der Waals surface area (Å²) < 4.78 is 0. The summed E-state index contributed by atoms with van der Waals surface area (Å²) >= 11 is 6.27. The van der Waals surface area contributed by atoms with Crippen molar-refractivity contribution in [3.05, 3.63) is 28.8 Å². The van der Waals surface area contributed by atoms with Gasteiger partial charge < -0.3 is 15.5 Å². The highest BCUT2D eigenvalue weighted by Gasteiger charge is 2.21. The number of carbonyl (C=O) groups excluding carboxylic acids is 2. The lowest BCUT2D eigenvalue weighted by molar-refractivity contribution is -0.115. The largest absolute Gasteiger partial charge is 0.339 e. The van der Waals surface area contributed by atoms with Gasteiger partial charge in [-0.15, -0.1) is 0 Å². The predicted octanol–water partition coefficient (Wildman–Crippen LogP) is 2.90. The molecule has 1 aromatic rings. The Balaban J connectivity index is 1.54. The zero-order valence-electron chi connectivity index (χ0n) is 13.8. The van der Waals surface area contributed by atoms with Crippen molar-refractivity contribution in [2.75, 3.05) is 31.5 Å². The van der Waals surface area contributed by atoms with E-state index in [1.165, 1.54) is 19.3 Å². The highest BCUT2D eigenvalue weighted by molar-refractivity contribution is 6.34. The SMILES string of the molecule is O=C(CNCC1CC1)Nc1ccc(C(=O)N2CCCCC2)c(Cl)c1. The third-order valence-corrected chi connectivity index (χ3v) is 4.85. The number of carbonyl (C=O) groups is 2. The molecule has 1 aliphatic heterocycles. The number of anilines is 1. The van der Waals surface area contributed by atoms with Crippen molar-refractivity contribution >= 4 is 29.1 Å². The van der Waals surface area contributed by atoms with E-state index in [1.807, 2.05) is 4.90 Å². The number of piperidine rings is 1. The van der Waals surface area contributed by atoms with Gasteiger partial charge in [-0.05, 0) is 62.8 Å². The Labute approximate surface area is 147 Å². The summed E-state index contributed by atoms with van der Waals surface area (Å²) in [5.74, 6) is 0.623. The first-order chi connectivity index (χ1) is 11.6. The van der Waals surface area contributed by atoms with Gasteiger partial charge in [-0.1, -0.05) is 11.6 Å². The quantitative estimate of drug-likeness (QED) is 0.830. The molecule has 2 aliphatic rings. The van der Waals surface area contributed by atoms with Crippen LogP contribution in [0, 0.1) is 5.92 Å². The Morgan fingerprint density at radius 3 is 2.58 bits per heavy atom. The Bertz CT molecular complexity index is 610. The molecule has 5 nitrogen and oxygen atoms in total. The van der Waals surface area contributed by atoms with Gasteiger partial charge >= 0.3 is 0 Å². The number of benzene rings is 1. The average Bonchev–Trinajstić information content (AvgIpc) is 3.39. The molecule has 0 aromatic heterocycles. The molecule has 1 aromatic carbocycles. The number of rotatable bonds is 6. The molecule has 1 aliphatic carbocycles. The zero-order valence-corrected chi connectivity index (χ0v) is 14.6. The molecule has 130 valence electrons. The molecule has 1 heterocycles. The lowest BCUT2D eigenvalue weighted by atomic mass is 10.1. The standard InChI is InChI=1S/C18H24ClN3O2/c19-16-10-14(21-17(23)12-20-11-13-4-5-13)6-7-15(16)18(24)22-8-2-1-3-9-22/h6-7,10,13,20H,1-5,8-9,11-12H2,(H,21,23).